The van der Waals surface area contributed by atoms with Crippen molar-refractivity contribution in [1.82, 2.24) is 4.90 Å². The van der Waals surface area contributed by atoms with Crippen LogP contribution in [0.3, 0.4) is 0 Å². The summed E-state index contributed by atoms with van der Waals surface area (Å²) in [5.74, 6) is 0.0789. The van der Waals surface area contributed by atoms with Gasteiger partial charge in [-0.3, -0.25) is 9.69 Å². The highest BCUT2D eigenvalue weighted by molar-refractivity contribution is 5.75. The molecule has 29 heavy (non-hydrogen) atoms. The van der Waals surface area contributed by atoms with Crippen LogP contribution in [-0.2, 0) is 16.8 Å². The second kappa shape index (κ2) is 8.26. The zero-order valence-electron chi connectivity index (χ0n) is 17.3. The van der Waals surface area contributed by atoms with Gasteiger partial charge in [0, 0.05) is 18.6 Å². The van der Waals surface area contributed by atoms with Gasteiger partial charge in [0.1, 0.15) is 5.75 Å². The number of aryl methyl sites for hydroxylation is 1. The molecule has 152 valence electrons. The van der Waals surface area contributed by atoms with E-state index in [0.717, 1.165) is 23.4 Å². The van der Waals surface area contributed by atoms with E-state index >= 15 is 0 Å². The van der Waals surface area contributed by atoms with E-state index in [1.54, 1.807) is 19.2 Å². The lowest BCUT2D eigenvalue weighted by molar-refractivity contribution is -0.148. The molecule has 5 heteroatoms. The summed E-state index contributed by atoms with van der Waals surface area (Å²) in [6, 6.07) is 17.5. The lowest BCUT2D eigenvalue weighted by Crippen LogP contribution is -2.43. The number of carboxylic acid groups (broad SMARTS) is 1. The number of carbonyl (C=O) groups is 1. The fourth-order valence-electron chi connectivity index (χ4n) is 4.15. The van der Waals surface area contributed by atoms with E-state index in [0.29, 0.717) is 31.4 Å². The maximum Gasteiger partial charge on any atom is 0.311 e. The van der Waals surface area contributed by atoms with Crippen molar-refractivity contribution in [3.63, 3.8) is 0 Å². The van der Waals surface area contributed by atoms with Gasteiger partial charge in [0.15, 0.2) is 0 Å². The summed E-state index contributed by atoms with van der Waals surface area (Å²) in [7, 11) is 1.65. The SMILES string of the molecule is COc1cccc(C(C)(C)N2CC[C@@](CCc3ccc(C#N)cc3)(C(=O)O)C2)c1. The van der Waals surface area contributed by atoms with Crippen LogP contribution in [0.1, 0.15) is 43.4 Å². The summed E-state index contributed by atoms with van der Waals surface area (Å²) in [6.07, 6.45) is 1.90. The van der Waals surface area contributed by atoms with Gasteiger partial charge in [0.25, 0.3) is 0 Å². The molecule has 0 aliphatic carbocycles. The van der Waals surface area contributed by atoms with Gasteiger partial charge < -0.3 is 9.84 Å². The minimum atomic E-state index is -0.760. The number of ether oxygens (including phenoxy) is 1. The number of nitrogens with zero attached hydrogens (tertiary/aromatic N) is 2. The minimum Gasteiger partial charge on any atom is -0.497 e. The molecule has 2 aromatic carbocycles. The molecule has 0 saturated carbocycles. The van der Waals surface area contributed by atoms with Crippen molar-refractivity contribution in [2.24, 2.45) is 5.41 Å². The molecule has 0 bridgehead atoms. The monoisotopic (exact) mass is 392 g/mol. The Morgan fingerprint density at radius 3 is 2.62 bits per heavy atom. The van der Waals surface area contributed by atoms with Gasteiger partial charge in [-0.2, -0.15) is 5.26 Å². The van der Waals surface area contributed by atoms with Crippen LogP contribution in [-0.4, -0.2) is 36.2 Å². The maximum absolute atomic E-state index is 12.3. The average Bonchev–Trinajstić information content (AvgIpc) is 3.19. The van der Waals surface area contributed by atoms with Gasteiger partial charge >= 0.3 is 5.97 Å². The maximum atomic E-state index is 12.3. The number of carboxylic acids is 1. The van der Waals surface area contributed by atoms with Crippen molar-refractivity contribution in [2.45, 2.75) is 38.6 Å². The second-order valence-electron chi connectivity index (χ2n) is 8.36. The number of aliphatic carboxylic acids is 1. The molecule has 0 unspecified atom stereocenters. The Morgan fingerprint density at radius 2 is 2.00 bits per heavy atom. The molecular weight excluding hydrogens is 364 g/mol. The fourth-order valence-corrected chi connectivity index (χ4v) is 4.15. The van der Waals surface area contributed by atoms with E-state index in [-0.39, 0.29) is 5.54 Å². The molecule has 1 aliphatic heterocycles. The average molecular weight is 392 g/mol. The zero-order chi connectivity index (χ0) is 21.1. The number of hydrogen-bond acceptors (Lipinski definition) is 4. The van der Waals surface area contributed by atoms with Gasteiger partial charge in [-0.15, -0.1) is 0 Å². The van der Waals surface area contributed by atoms with Crippen LogP contribution in [0.15, 0.2) is 48.5 Å². The third-order valence-electron chi connectivity index (χ3n) is 6.35. The van der Waals surface area contributed by atoms with E-state index in [2.05, 4.69) is 30.9 Å². The minimum absolute atomic E-state index is 0.291. The first kappa shape index (κ1) is 20.9. The van der Waals surface area contributed by atoms with Gasteiger partial charge in [0.05, 0.1) is 24.2 Å². The van der Waals surface area contributed by atoms with E-state index in [4.69, 9.17) is 10.00 Å². The van der Waals surface area contributed by atoms with Crippen LogP contribution in [0.2, 0.25) is 0 Å². The third kappa shape index (κ3) is 4.28. The molecule has 0 aromatic heterocycles. The van der Waals surface area contributed by atoms with Crippen molar-refractivity contribution in [1.29, 1.82) is 5.26 Å². The molecule has 2 aromatic rings. The van der Waals surface area contributed by atoms with Crippen molar-refractivity contribution < 1.29 is 14.6 Å². The van der Waals surface area contributed by atoms with Gasteiger partial charge in [0.2, 0.25) is 0 Å². The molecule has 3 rings (SSSR count). The normalized spacial score (nSPS) is 19.7. The van der Waals surface area contributed by atoms with Crippen LogP contribution in [0.5, 0.6) is 5.75 Å². The lowest BCUT2D eigenvalue weighted by Gasteiger charge is -2.37. The van der Waals surface area contributed by atoms with Gasteiger partial charge in [-0.25, -0.2) is 0 Å². The van der Waals surface area contributed by atoms with Crippen molar-refractivity contribution in [3.8, 4) is 11.8 Å². The summed E-state index contributed by atoms with van der Waals surface area (Å²) < 4.78 is 5.36. The Morgan fingerprint density at radius 1 is 1.28 bits per heavy atom. The number of methoxy groups -OCH3 is 1. The van der Waals surface area contributed by atoms with Gasteiger partial charge in [-0.05, 0) is 68.5 Å². The molecule has 1 aliphatic rings. The number of benzene rings is 2. The Labute approximate surface area is 172 Å². The molecule has 1 fully saturated rings. The van der Waals surface area contributed by atoms with E-state index < -0.39 is 11.4 Å². The zero-order valence-corrected chi connectivity index (χ0v) is 17.3. The smallest absolute Gasteiger partial charge is 0.311 e. The number of rotatable bonds is 7. The molecule has 1 atom stereocenters. The Kier molecular flexibility index (Phi) is 5.95. The van der Waals surface area contributed by atoms with Crippen LogP contribution < -0.4 is 4.74 Å². The van der Waals surface area contributed by atoms with E-state index in [9.17, 15) is 9.90 Å². The predicted octanol–water partition coefficient (Wildman–Crippen LogP) is 4.21. The van der Waals surface area contributed by atoms with Crippen molar-refractivity contribution >= 4 is 5.97 Å². The Hall–Kier alpha value is -2.84. The molecule has 0 radical (unpaired) electrons. The number of likely N-dealkylation sites (tertiary alicyclic amines) is 1. The third-order valence-corrected chi connectivity index (χ3v) is 6.35. The fraction of sp³-hybridized carbons (Fsp3) is 0.417. The topological polar surface area (TPSA) is 73.6 Å². The standard InChI is InChI=1S/C24H28N2O3/c1-23(2,20-5-4-6-21(15-20)29-3)26-14-13-24(17-26,22(27)28)12-11-18-7-9-19(16-25)10-8-18/h4-10,15H,11-14,17H2,1-3H3,(H,27,28)/t24-/m1/s1. The molecule has 0 spiro atoms. The summed E-state index contributed by atoms with van der Waals surface area (Å²) in [4.78, 5) is 14.5. The molecule has 1 N–H and O–H groups in total. The predicted molar refractivity (Wildman–Crippen MR) is 112 cm³/mol. The van der Waals surface area contributed by atoms with Crippen LogP contribution >= 0.6 is 0 Å². The highest BCUT2D eigenvalue weighted by Gasteiger charge is 2.48. The molecule has 1 saturated heterocycles. The van der Waals surface area contributed by atoms with Crippen LogP contribution in [0.4, 0.5) is 0 Å². The summed E-state index contributed by atoms with van der Waals surface area (Å²) in [5, 5.41) is 19.0. The lowest BCUT2D eigenvalue weighted by atomic mass is 9.81. The number of hydrogen-bond donors (Lipinski definition) is 1. The molecule has 1 heterocycles. The molecular formula is C24H28N2O3. The summed E-state index contributed by atoms with van der Waals surface area (Å²) in [5.41, 5.74) is 1.75. The Balaban J connectivity index is 1.76. The molecule has 0 amide bonds. The van der Waals surface area contributed by atoms with Crippen LogP contribution in [0, 0.1) is 16.7 Å². The summed E-state index contributed by atoms with van der Waals surface area (Å²) in [6.45, 7) is 5.54. The first-order valence-corrected chi connectivity index (χ1v) is 9.93. The van der Waals surface area contributed by atoms with Gasteiger partial charge in [-0.1, -0.05) is 24.3 Å². The van der Waals surface area contributed by atoms with Crippen molar-refractivity contribution in [3.05, 3.63) is 65.2 Å². The Bertz CT molecular complexity index is 914. The van der Waals surface area contributed by atoms with E-state index in [1.165, 1.54) is 0 Å². The first-order chi connectivity index (χ1) is 13.8. The highest BCUT2D eigenvalue weighted by atomic mass is 16.5. The summed E-state index contributed by atoms with van der Waals surface area (Å²) >= 11 is 0. The van der Waals surface area contributed by atoms with Crippen LogP contribution in [0.25, 0.3) is 0 Å². The number of nitriles is 1. The first-order valence-electron chi connectivity index (χ1n) is 9.93. The molecule has 5 nitrogen and oxygen atoms in total. The quantitative estimate of drug-likeness (QED) is 0.764. The van der Waals surface area contributed by atoms with Crippen molar-refractivity contribution in [2.75, 3.05) is 20.2 Å². The highest BCUT2D eigenvalue weighted by Crippen LogP contribution is 2.42. The largest absolute Gasteiger partial charge is 0.497 e. The van der Waals surface area contributed by atoms with E-state index in [1.807, 2.05) is 30.3 Å². The second-order valence-corrected chi connectivity index (χ2v) is 8.36.